The van der Waals surface area contributed by atoms with Gasteiger partial charge in [-0.15, -0.1) is 0 Å². The number of aliphatic hydroxyl groups excluding tert-OH is 1. The maximum Gasteiger partial charge on any atom is 0.123 e. The van der Waals surface area contributed by atoms with Gasteiger partial charge < -0.3 is 10.2 Å². The molecule has 0 radical (unpaired) electrons. The summed E-state index contributed by atoms with van der Waals surface area (Å²) >= 11 is 0. The van der Waals surface area contributed by atoms with Crippen molar-refractivity contribution >= 4 is 0 Å². The summed E-state index contributed by atoms with van der Waals surface area (Å²) < 4.78 is 0. The molecule has 0 aliphatic rings. The molecule has 4 aromatic rings. The van der Waals surface area contributed by atoms with Crippen LogP contribution in [-0.4, -0.2) is 15.1 Å². The molecule has 0 aliphatic heterocycles. The molecule has 4 aromatic carbocycles. The summed E-state index contributed by atoms with van der Waals surface area (Å²) in [6.07, 6.45) is -0.757. The van der Waals surface area contributed by atoms with Crippen molar-refractivity contribution < 1.29 is 10.2 Å². The molecule has 2 N–H and O–H groups in total. The second-order valence-corrected chi connectivity index (χ2v) is 12.6. The number of aromatic hydroxyl groups is 1. The van der Waals surface area contributed by atoms with Gasteiger partial charge in [0, 0.05) is 18.7 Å². The predicted octanol–water partition coefficient (Wildman–Crippen LogP) is 8.46. The van der Waals surface area contributed by atoms with Crippen LogP contribution >= 0.6 is 0 Å². The second kappa shape index (κ2) is 11.8. The first-order valence-electron chi connectivity index (χ1n) is 13.9. The van der Waals surface area contributed by atoms with Gasteiger partial charge in [-0.05, 0) is 38.6 Å². The number of phenols is 1. The maximum atomic E-state index is 11.9. The third-order valence-corrected chi connectivity index (χ3v) is 7.44. The van der Waals surface area contributed by atoms with Crippen LogP contribution in [0, 0.1) is 0 Å². The predicted molar refractivity (Wildman–Crippen MR) is 162 cm³/mol. The van der Waals surface area contributed by atoms with Gasteiger partial charge in [-0.25, -0.2) is 0 Å². The Morgan fingerprint density at radius 3 is 1.67 bits per heavy atom. The van der Waals surface area contributed by atoms with Crippen molar-refractivity contribution in [2.24, 2.45) is 0 Å². The van der Waals surface area contributed by atoms with Crippen LogP contribution in [0.5, 0.6) is 5.75 Å². The average molecular weight is 522 g/mol. The molecule has 0 aliphatic carbocycles. The number of hydrogen-bond acceptors (Lipinski definition) is 3. The van der Waals surface area contributed by atoms with E-state index in [4.69, 9.17) is 0 Å². The van der Waals surface area contributed by atoms with Gasteiger partial charge in [-0.3, -0.25) is 4.90 Å². The Kier molecular flexibility index (Phi) is 8.64. The largest absolute Gasteiger partial charge is 0.507 e. The van der Waals surface area contributed by atoms with Gasteiger partial charge in [-0.1, -0.05) is 145 Å². The fraction of sp³-hybridized carbons (Fsp3) is 0.333. The molecule has 2 unspecified atom stereocenters. The van der Waals surface area contributed by atoms with E-state index in [1.165, 1.54) is 5.56 Å². The van der Waals surface area contributed by atoms with E-state index in [0.717, 1.165) is 27.8 Å². The lowest BCUT2D eigenvalue weighted by Crippen LogP contribution is -2.33. The fourth-order valence-corrected chi connectivity index (χ4v) is 5.18. The zero-order chi connectivity index (χ0) is 28.2. The SMILES string of the molecule is CC(C)(C)c1cc(CN(Cc2ccccc2)C(c2ccccc2)C(O)c2ccccc2)c(O)c(C(C)(C)C)c1. The molecule has 0 heterocycles. The summed E-state index contributed by atoms with van der Waals surface area (Å²) in [5, 5.41) is 23.5. The summed E-state index contributed by atoms with van der Waals surface area (Å²) in [7, 11) is 0. The minimum absolute atomic E-state index is 0.0743. The standard InChI is InChI=1S/C36H43NO2/c1-35(2,3)30-22-29(33(38)31(23-30)36(4,5)6)25-37(24-26-16-10-7-11-17-26)32(27-18-12-8-13-19-27)34(39)28-20-14-9-15-21-28/h7-23,32,34,38-39H,24-25H2,1-6H3. The highest BCUT2D eigenvalue weighted by molar-refractivity contribution is 5.49. The van der Waals surface area contributed by atoms with Crippen LogP contribution in [0.3, 0.4) is 0 Å². The molecule has 204 valence electrons. The van der Waals surface area contributed by atoms with Crippen LogP contribution < -0.4 is 0 Å². The first-order valence-corrected chi connectivity index (χ1v) is 13.9. The molecule has 0 bridgehead atoms. The molecule has 0 aromatic heterocycles. The van der Waals surface area contributed by atoms with E-state index in [-0.39, 0.29) is 16.9 Å². The number of rotatable bonds is 8. The smallest absolute Gasteiger partial charge is 0.123 e. The van der Waals surface area contributed by atoms with Crippen LogP contribution in [-0.2, 0) is 23.9 Å². The third-order valence-electron chi connectivity index (χ3n) is 7.44. The van der Waals surface area contributed by atoms with Gasteiger partial charge in [0.2, 0.25) is 0 Å². The van der Waals surface area contributed by atoms with Crippen molar-refractivity contribution in [3.05, 3.63) is 137 Å². The van der Waals surface area contributed by atoms with Crippen molar-refractivity contribution in [1.82, 2.24) is 4.90 Å². The molecular formula is C36H43NO2. The molecule has 3 heteroatoms. The quantitative estimate of drug-likeness (QED) is 0.244. The highest BCUT2D eigenvalue weighted by atomic mass is 16.3. The second-order valence-electron chi connectivity index (χ2n) is 12.6. The Morgan fingerprint density at radius 1 is 0.641 bits per heavy atom. The van der Waals surface area contributed by atoms with Crippen molar-refractivity contribution in [3.63, 3.8) is 0 Å². The Labute approximate surface area is 234 Å². The highest BCUT2D eigenvalue weighted by Gasteiger charge is 2.31. The first kappa shape index (κ1) is 28.6. The first-order chi connectivity index (χ1) is 18.4. The summed E-state index contributed by atoms with van der Waals surface area (Å²) in [5.41, 5.74) is 5.79. The van der Waals surface area contributed by atoms with E-state index in [9.17, 15) is 10.2 Å². The molecular weight excluding hydrogens is 478 g/mol. The monoisotopic (exact) mass is 521 g/mol. The van der Waals surface area contributed by atoms with Crippen molar-refractivity contribution in [3.8, 4) is 5.75 Å². The molecule has 0 saturated carbocycles. The number of hydrogen-bond donors (Lipinski definition) is 2. The summed E-state index contributed by atoms with van der Waals surface area (Å²) in [5.74, 6) is 0.342. The number of aliphatic hydroxyl groups is 1. The number of nitrogens with zero attached hydrogens (tertiary/aromatic N) is 1. The molecule has 0 fully saturated rings. The van der Waals surface area contributed by atoms with Gasteiger partial charge in [0.1, 0.15) is 5.75 Å². The van der Waals surface area contributed by atoms with E-state index in [1.54, 1.807) is 0 Å². The third kappa shape index (κ3) is 6.98. The zero-order valence-corrected chi connectivity index (χ0v) is 24.2. The van der Waals surface area contributed by atoms with Gasteiger partial charge in [-0.2, -0.15) is 0 Å². The molecule has 0 spiro atoms. The lowest BCUT2D eigenvalue weighted by molar-refractivity contribution is 0.0367. The highest BCUT2D eigenvalue weighted by Crippen LogP contribution is 2.41. The zero-order valence-electron chi connectivity index (χ0n) is 24.2. The Balaban J connectivity index is 1.88. The normalized spacial score (nSPS) is 13.8. The Hall–Kier alpha value is -3.40. The molecule has 4 rings (SSSR count). The molecule has 0 amide bonds. The lowest BCUT2D eigenvalue weighted by Gasteiger charge is -2.37. The van der Waals surface area contributed by atoms with Gasteiger partial charge in [0.15, 0.2) is 0 Å². The molecule has 2 atom stereocenters. The average Bonchev–Trinajstić information content (AvgIpc) is 2.90. The fourth-order valence-electron chi connectivity index (χ4n) is 5.18. The topological polar surface area (TPSA) is 43.7 Å². The molecule has 3 nitrogen and oxygen atoms in total. The molecule has 0 saturated heterocycles. The summed E-state index contributed by atoms with van der Waals surface area (Å²) in [4.78, 5) is 2.30. The van der Waals surface area contributed by atoms with E-state index in [2.05, 4.69) is 82.8 Å². The minimum atomic E-state index is -0.757. The van der Waals surface area contributed by atoms with Crippen molar-refractivity contribution in [2.75, 3.05) is 0 Å². The van der Waals surface area contributed by atoms with Crippen LogP contribution in [0.2, 0.25) is 0 Å². The Morgan fingerprint density at radius 2 is 1.15 bits per heavy atom. The maximum absolute atomic E-state index is 11.9. The van der Waals surface area contributed by atoms with Gasteiger partial charge in [0.05, 0.1) is 12.1 Å². The van der Waals surface area contributed by atoms with Crippen molar-refractivity contribution in [1.29, 1.82) is 0 Å². The van der Waals surface area contributed by atoms with E-state index in [0.29, 0.717) is 18.8 Å². The van der Waals surface area contributed by atoms with E-state index in [1.807, 2.05) is 66.7 Å². The summed E-state index contributed by atoms with van der Waals surface area (Å²) in [6.45, 7) is 14.2. The van der Waals surface area contributed by atoms with Crippen LogP contribution in [0.1, 0.15) is 87.1 Å². The lowest BCUT2D eigenvalue weighted by atomic mass is 9.78. The van der Waals surface area contributed by atoms with Crippen LogP contribution in [0.25, 0.3) is 0 Å². The minimum Gasteiger partial charge on any atom is -0.507 e. The van der Waals surface area contributed by atoms with E-state index < -0.39 is 6.10 Å². The van der Waals surface area contributed by atoms with Gasteiger partial charge >= 0.3 is 0 Å². The van der Waals surface area contributed by atoms with Crippen LogP contribution in [0.15, 0.2) is 103 Å². The van der Waals surface area contributed by atoms with Crippen molar-refractivity contribution in [2.45, 2.75) is 77.6 Å². The summed E-state index contributed by atoms with van der Waals surface area (Å²) in [6, 6.07) is 34.4. The van der Waals surface area contributed by atoms with Gasteiger partial charge in [0.25, 0.3) is 0 Å². The van der Waals surface area contributed by atoms with E-state index >= 15 is 0 Å². The van der Waals surface area contributed by atoms with Crippen LogP contribution in [0.4, 0.5) is 0 Å². The number of benzene rings is 4. The Bertz CT molecular complexity index is 1340. The number of phenolic OH excluding ortho intramolecular Hbond substituents is 1. The molecule has 39 heavy (non-hydrogen) atoms.